The first-order chi connectivity index (χ1) is 7.20. The van der Waals surface area contributed by atoms with E-state index < -0.39 is 6.10 Å². The maximum absolute atomic E-state index is 11.1. The van der Waals surface area contributed by atoms with Crippen molar-refractivity contribution < 1.29 is 14.6 Å². The van der Waals surface area contributed by atoms with Gasteiger partial charge in [-0.2, -0.15) is 0 Å². The molecule has 0 fully saturated rings. The van der Waals surface area contributed by atoms with Gasteiger partial charge in [0.25, 0.3) is 5.91 Å². The molecule has 1 aliphatic rings. The smallest absolute Gasteiger partial charge is 0.262 e. The van der Waals surface area contributed by atoms with Crippen molar-refractivity contribution in [2.45, 2.75) is 6.10 Å². The summed E-state index contributed by atoms with van der Waals surface area (Å²) in [6.45, 7) is 0.0321. The zero-order chi connectivity index (χ0) is 10.8. The van der Waals surface area contributed by atoms with E-state index in [1.165, 1.54) is 0 Å². The molecule has 1 aromatic rings. The molecular formula is C10H10ClNO3. The Hall–Kier alpha value is -1.26. The zero-order valence-electron chi connectivity index (χ0n) is 7.87. The molecule has 1 amide bonds. The van der Waals surface area contributed by atoms with Gasteiger partial charge in [0, 0.05) is 0 Å². The van der Waals surface area contributed by atoms with E-state index in [0.29, 0.717) is 17.0 Å². The molecular weight excluding hydrogens is 218 g/mol. The molecule has 0 saturated heterocycles. The predicted octanol–water partition coefficient (Wildman–Crippen LogP) is 1.29. The van der Waals surface area contributed by atoms with Gasteiger partial charge in [-0.25, -0.2) is 0 Å². The molecule has 1 aromatic carbocycles. The second-order valence-electron chi connectivity index (χ2n) is 3.26. The van der Waals surface area contributed by atoms with E-state index in [-0.39, 0.29) is 18.4 Å². The average molecular weight is 228 g/mol. The maximum atomic E-state index is 11.1. The molecule has 0 bridgehead atoms. The van der Waals surface area contributed by atoms with Gasteiger partial charge in [0.1, 0.15) is 5.75 Å². The van der Waals surface area contributed by atoms with Crippen LogP contribution in [0.5, 0.6) is 5.75 Å². The highest BCUT2D eigenvalue weighted by Gasteiger charge is 2.17. The van der Waals surface area contributed by atoms with Gasteiger partial charge < -0.3 is 15.2 Å². The monoisotopic (exact) mass is 227 g/mol. The average Bonchev–Trinajstić information content (AvgIpc) is 2.27. The number of aliphatic hydroxyl groups excluding tert-OH is 1. The van der Waals surface area contributed by atoms with Crippen molar-refractivity contribution in [2.24, 2.45) is 0 Å². The number of hydrogen-bond acceptors (Lipinski definition) is 3. The summed E-state index contributed by atoms with van der Waals surface area (Å²) in [5, 5.41) is 12.2. The highest BCUT2D eigenvalue weighted by atomic mass is 35.5. The number of aliphatic hydroxyl groups is 1. The van der Waals surface area contributed by atoms with Crippen molar-refractivity contribution in [1.82, 2.24) is 0 Å². The van der Waals surface area contributed by atoms with Crippen LogP contribution in [0.15, 0.2) is 18.2 Å². The highest BCUT2D eigenvalue weighted by molar-refractivity contribution is 6.18. The summed E-state index contributed by atoms with van der Waals surface area (Å²) >= 11 is 5.53. The molecule has 0 aromatic heterocycles. The topological polar surface area (TPSA) is 58.6 Å². The fourth-order valence-electron chi connectivity index (χ4n) is 1.40. The molecule has 15 heavy (non-hydrogen) atoms. The quantitative estimate of drug-likeness (QED) is 0.749. The van der Waals surface area contributed by atoms with Crippen LogP contribution in [0.4, 0.5) is 5.69 Å². The highest BCUT2D eigenvalue weighted by Crippen LogP contribution is 2.30. The van der Waals surface area contributed by atoms with Crippen molar-refractivity contribution >= 4 is 23.2 Å². The number of amides is 1. The van der Waals surface area contributed by atoms with Crippen LogP contribution in [-0.2, 0) is 4.79 Å². The molecule has 4 nitrogen and oxygen atoms in total. The largest absolute Gasteiger partial charge is 0.482 e. The lowest BCUT2D eigenvalue weighted by Crippen LogP contribution is -2.25. The zero-order valence-corrected chi connectivity index (χ0v) is 8.62. The number of rotatable bonds is 2. The molecule has 1 atom stereocenters. The van der Waals surface area contributed by atoms with Gasteiger partial charge in [-0.15, -0.1) is 11.6 Å². The van der Waals surface area contributed by atoms with Crippen LogP contribution >= 0.6 is 11.6 Å². The van der Waals surface area contributed by atoms with Crippen molar-refractivity contribution in [3.8, 4) is 5.75 Å². The minimum Gasteiger partial charge on any atom is -0.482 e. The second-order valence-corrected chi connectivity index (χ2v) is 3.57. The van der Waals surface area contributed by atoms with E-state index >= 15 is 0 Å². The lowest BCUT2D eigenvalue weighted by molar-refractivity contribution is -0.118. The van der Waals surface area contributed by atoms with Crippen LogP contribution in [0.3, 0.4) is 0 Å². The van der Waals surface area contributed by atoms with Crippen LogP contribution in [-0.4, -0.2) is 23.5 Å². The van der Waals surface area contributed by atoms with E-state index in [1.54, 1.807) is 18.2 Å². The van der Waals surface area contributed by atoms with Gasteiger partial charge >= 0.3 is 0 Å². The summed E-state index contributed by atoms with van der Waals surface area (Å²) in [7, 11) is 0. The minimum atomic E-state index is -0.726. The summed E-state index contributed by atoms with van der Waals surface area (Å²) in [4.78, 5) is 11.1. The molecule has 1 heterocycles. The minimum absolute atomic E-state index is 0.0321. The standard InChI is InChI=1S/C10H10ClNO3/c11-4-8(13)6-1-2-9-7(3-6)12-10(14)5-15-9/h1-3,8,13H,4-5H2,(H,12,14)/t8-/m0/s1. The number of carbonyl (C=O) groups excluding carboxylic acids is 1. The molecule has 0 spiro atoms. The number of fused-ring (bicyclic) bond motifs is 1. The number of benzene rings is 1. The van der Waals surface area contributed by atoms with Crippen LogP contribution in [0.2, 0.25) is 0 Å². The van der Waals surface area contributed by atoms with Gasteiger partial charge in [-0.05, 0) is 17.7 Å². The summed E-state index contributed by atoms with van der Waals surface area (Å²) < 4.78 is 5.18. The maximum Gasteiger partial charge on any atom is 0.262 e. The van der Waals surface area contributed by atoms with Crippen LogP contribution in [0.25, 0.3) is 0 Å². The summed E-state index contributed by atoms with van der Waals surface area (Å²) in [6, 6.07) is 5.10. The van der Waals surface area contributed by atoms with Crippen LogP contribution in [0.1, 0.15) is 11.7 Å². The second kappa shape index (κ2) is 4.08. The van der Waals surface area contributed by atoms with Crippen LogP contribution in [0, 0.1) is 0 Å². The van der Waals surface area contributed by atoms with Crippen molar-refractivity contribution in [1.29, 1.82) is 0 Å². The van der Waals surface area contributed by atoms with E-state index in [1.807, 2.05) is 0 Å². The Morgan fingerprint density at radius 3 is 3.13 bits per heavy atom. The first-order valence-electron chi connectivity index (χ1n) is 4.51. The third-order valence-corrected chi connectivity index (χ3v) is 2.46. The van der Waals surface area contributed by atoms with E-state index in [2.05, 4.69) is 5.32 Å². The van der Waals surface area contributed by atoms with E-state index in [4.69, 9.17) is 16.3 Å². The van der Waals surface area contributed by atoms with E-state index in [9.17, 15) is 9.90 Å². The van der Waals surface area contributed by atoms with Gasteiger partial charge in [0.15, 0.2) is 6.61 Å². The fourth-order valence-corrected chi connectivity index (χ4v) is 1.58. The number of alkyl halides is 1. The van der Waals surface area contributed by atoms with Gasteiger partial charge in [0.05, 0.1) is 17.7 Å². The fraction of sp³-hybridized carbons (Fsp3) is 0.300. The lowest BCUT2D eigenvalue weighted by Gasteiger charge is -2.19. The number of nitrogens with one attached hydrogen (secondary N) is 1. The van der Waals surface area contributed by atoms with Gasteiger partial charge in [-0.3, -0.25) is 4.79 Å². The SMILES string of the molecule is O=C1COc2ccc([C@@H](O)CCl)cc2N1. The first-order valence-corrected chi connectivity index (χ1v) is 5.05. The Morgan fingerprint density at radius 2 is 2.40 bits per heavy atom. The predicted molar refractivity (Wildman–Crippen MR) is 56.2 cm³/mol. The van der Waals surface area contributed by atoms with Crippen molar-refractivity contribution in [2.75, 3.05) is 17.8 Å². The molecule has 2 rings (SSSR count). The Kier molecular flexibility index (Phi) is 2.79. The molecule has 0 unspecified atom stereocenters. The Labute approximate surface area is 91.8 Å². The Morgan fingerprint density at radius 1 is 1.60 bits per heavy atom. The first kappa shape index (κ1) is 10.3. The van der Waals surface area contributed by atoms with Gasteiger partial charge in [0.2, 0.25) is 0 Å². The van der Waals surface area contributed by atoms with Crippen LogP contribution < -0.4 is 10.1 Å². The normalized spacial score (nSPS) is 16.3. The Balaban J connectivity index is 2.32. The van der Waals surface area contributed by atoms with Gasteiger partial charge in [-0.1, -0.05) is 6.07 Å². The Bertz CT molecular complexity index is 394. The molecule has 0 radical (unpaired) electrons. The number of halogens is 1. The summed E-state index contributed by atoms with van der Waals surface area (Å²) in [5.74, 6) is 0.535. The molecule has 0 saturated carbocycles. The number of hydrogen-bond donors (Lipinski definition) is 2. The number of ether oxygens (including phenoxy) is 1. The molecule has 1 aliphatic heterocycles. The third kappa shape index (κ3) is 2.06. The van der Waals surface area contributed by atoms with Crippen molar-refractivity contribution in [3.63, 3.8) is 0 Å². The number of carbonyl (C=O) groups is 1. The number of anilines is 1. The summed E-state index contributed by atoms with van der Waals surface area (Å²) in [6.07, 6.45) is -0.726. The van der Waals surface area contributed by atoms with Crippen molar-refractivity contribution in [3.05, 3.63) is 23.8 Å². The molecule has 2 N–H and O–H groups in total. The van der Waals surface area contributed by atoms with E-state index in [0.717, 1.165) is 0 Å². The molecule has 5 heteroatoms. The lowest BCUT2D eigenvalue weighted by atomic mass is 10.1. The summed E-state index contributed by atoms with van der Waals surface area (Å²) in [5.41, 5.74) is 1.24. The molecule has 80 valence electrons. The third-order valence-electron chi connectivity index (χ3n) is 2.17. The molecule has 0 aliphatic carbocycles.